The molecule has 1 N–H and O–H groups in total. The van der Waals surface area contributed by atoms with E-state index >= 15 is 0 Å². The van der Waals surface area contributed by atoms with Gasteiger partial charge in [0.2, 0.25) is 6.29 Å². The lowest BCUT2D eigenvalue weighted by Crippen LogP contribution is -2.42. The Labute approximate surface area is 117 Å². The molecule has 1 aromatic rings. The Morgan fingerprint density at radius 2 is 2.00 bits per heavy atom. The SMILES string of the molecule is CC#CNC(=O)N(C[C]=O)C(=O)/C=C/c1ccccc1. The van der Waals surface area contributed by atoms with Gasteiger partial charge in [0, 0.05) is 12.1 Å². The zero-order valence-electron chi connectivity index (χ0n) is 10.9. The molecule has 5 nitrogen and oxygen atoms in total. The Hall–Kier alpha value is -2.87. The number of urea groups is 1. The van der Waals surface area contributed by atoms with Crippen LogP contribution in [0.25, 0.3) is 6.08 Å². The molecule has 0 bridgehead atoms. The van der Waals surface area contributed by atoms with E-state index in [1.807, 2.05) is 30.3 Å². The van der Waals surface area contributed by atoms with Gasteiger partial charge in [-0.05, 0) is 18.6 Å². The molecule has 0 aliphatic heterocycles. The van der Waals surface area contributed by atoms with E-state index < -0.39 is 18.5 Å². The zero-order valence-corrected chi connectivity index (χ0v) is 10.9. The highest BCUT2D eigenvalue weighted by Gasteiger charge is 2.18. The van der Waals surface area contributed by atoms with Gasteiger partial charge in [-0.25, -0.2) is 4.79 Å². The predicted molar refractivity (Wildman–Crippen MR) is 74.9 cm³/mol. The quantitative estimate of drug-likeness (QED) is 0.509. The lowest BCUT2D eigenvalue weighted by Gasteiger charge is -2.14. The largest absolute Gasteiger partial charge is 0.336 e. The van der Waals surface area contributed by atoms with Crippen molar-refractivity contribution < 1.29 is 14.4 Å². The third kappa shape index (κ3) is 4.78. The normalized spacial score (nSPS) is 9.45. The molecule has 5 heteroatoms. The first-order valence-corrected chi connectivity index (χ1v) is 5.80. The van der Waals surface area contributed by atoms with Crippen molar-refractivity contribution in [3.8, 4) is 12.0 Å². The summed E-state index contributed by atoms with van der Waals surface area (Å²) in [5.74, 6) is 1.84. The molecule has 0 aromatic heterocycles. The third-order valence-corrected chi connectivity index (χ3v) is 2.25. The number of nitrogens with one attached hydrogen (secondary N) is 1. The fourth-order valence-corrected chi connectivity index (χ4v) is 1.32. The van der Waals surface area contributed by atoms with E-state index in [4.69, 9.17) is 0 Å². The molecule has 0 unspecified atom stereocenters. The summed E-state index contributed by atoms with van der Waals surface area (Å²) in [6.45, 7) is 1.09. The third-order valence-electron chi connectivity index (χ3n) is 2.25. The lowest BCUT2D eigenvalue weighted by atomic mass is 10.2. The first-order valence-electron chi connectivity index (χ1n) is 5.80. The van der Waals surface area contributed by atoms with Crippen LogP contribution in [0.1, 0.15) is 12.5 Å². The van der Waals surface area contributed by atoms with Crippen molar-refractivity contribution in [1.29, 1.82) is 0 Å². The van der Waals surface area contributed by atoms with Gasteiger partial charge in [-0.15, -0.1) is 0 Å². The Morgan fingerprint density at radius 1 is 1.30 bits per heavy atom. The van der Waals surface area contributed by atoms with Crippen LogP contribution in [0.15, 0.2) is 36.4 Å². The van der Waals surface area contributed by atoms with Gasteiger partial charge in [0.25, 0.3) is 5.91 Å². The van der Waals surface area contributed by atoms with Crippen molar-refractivity contribution in [1.82, 2.24) is 10.2 Å². The molecule has 0 saturated carbocycles. The summed E-state index contributed by atoms with van der Waals surface area (Å²) in [5.41, 5.74) is 0.810. The van der Waals surface area contributed by atoms with Gasteiger partial charge in [0.05, 0.1) is 6.54 Å². The minimum atomic E-state index is -0.759. The first-order chi connectivity index (χ1) is 9.69. The Kier molecular flexibility index (Phi) is 6.28. The van der Waals surface area contributed by atoms with Gasteiger partial charge in [0.1, 0.15) is 0 Å². The molecule has 1 aromatic carbocycles. The maximum atomic E-state index is 11.9. The molecule has 0 aliphatic carbocycles. The number of hydrogen-bond donors (Lipinski definition) is 1. The predicted octanol–water partition coefficient (Wildman–Crippen LogP) is 1.33. The van der Waals surface area contributed by atoms with E-state index in [0.29, 0.717) is 0 Å². The molecular weight excluding hydrogens is 256 g/mol. The summed E-state index contributed by atoms with van der Waals surface area (Å²) >= 11 is 0. The van der Waals surface area contributed by atoms with Gasteiger partial charge < -0.3 is 0 Å². The molecule has 0 aliphatic rings. The maximum absolute atomic E-state index is 11.9. The minimum Gasteiger partial charge on any atom is -0.289 e. The summed E-state index contributed by atoms with van der Waals surface area (Å²) in [6, 6.07) is 10.7. The molecule has 0 saturated heterocycles. The van der Waals surface area contributed by atoms with Crippen LogP contribution in [0.3, 0.4) is 0 Å². The van der Waals surface area contributed by atoms with E-state index in [1.165, 1.54) is 19.3 Å². The van der Waals surface area contributed by atoms with Crippen molar-refractivity contribution in [2.45, 2.75) is 6.92 Å². The summed E-state index contributed by atoms with van der Waals surface area (Å²) in [6.07, 6.45) is 4.28. The number of hydrogen-bond acceptors (Lipinski definition) is 3. The molecule has 0 heterocycles. The van der Waals surface area contributed by atoms with E-state index in [-0.39, 0.29) is 0 Å². The number of rotatable bonds is 4. The van der Waals surface area contributed by atoms with Gasteiger partial charge in [-0.1, -0.05) is 36.3 Å². The van der Waals surface area contributed by atoms with Crippen molar-refractivity contribution >= 4 is 24.3 Å². The summed E-state index contributed by atoms with van der Waals surface area (Å²) in [5, 5.41) is 2.19. The zero-order chi connectivity index (χ0) is 14.8. The van der Waals surface area contributed by atoms with Crippen LogP contribution < -0.4 is 5.32 Å². The van der Waals surface area contributed by atoms with E-state index in [1.54, 1.807) is 6.08 Å². The van der Waals surface area contributed by atoms with Crippen LogP contribution in [0, 0.1) is 12.0 Å². The maximum Gasteiger partial charge on any atom is 0.336 e. The van der Waals surface area contributed by atoms with Crippen molar-refractivity contribution in [2.24, 2.45) is 0 Å². The Balaban J connectivity index is 2.77. The number of benzene rings is 1. The average Bonchev–Trinajstić information content (AvgIpc) is 2.49. The van der Waals surface area contributed by atoms with Crippen LogP contribution in [-0.2, 0) is 9.59 Å². The molecule has 0 spiro atoms. The van der Waals surface area contributed by atoms with E-state index in [2.05, 4.69) is 17.3 Å². The number of carbonyl (C=O) groups excluding carboxylic acids is 3. The van der Waals surface area contributed by atoms with Crippen LogP contribution in [0.2, 0.25) is 0 Å². The fourth-order valence-electron chi connectivity index (χ4n) is 1.32. The van der Waals surface area contributed by atoms with E-state index in [0.717, 1.165) is 10.5 Å². The molecule has 3 amide bonds. The molecule has 0 atom stereocenters. The van der Waals surface area contributed by atoms with Crippen molar-refractivity contribution in [3.63, 3.8) is 0 Å². The number of amides is 3. The standard InChI is InChI=1S/C15H13N2O3/c1-2-10-16-15(20)17(11-12-18)14(19)9-8-13-6-4-3-5-7-13/h3-9H,11H2,1H3,(H,16,20)/b9-8+. The Bertz CT molecular complexity index is 568. The minimum absolute atomic E-state index is 0.449. The number of imide groups is 1. The molecule has 20 heavy (non-hydrogen) atoms. The van der Waals surface area contributed by atoms with Crippen LogP contribution >= 0.6 is 0 Å². The monoisotopic (exact) mass is 269 g/mol. The highest BCUT2D eigenvalue weighted by atomic mass is 16.2. The lowest BCUT2D eigenvalue weighted by molar-refractivity contribution is -0.122. The second kappa shape index (κ2) is 8.27. The molecule has 0 fully saturated rings. The number of carbonyl (C=O) groups is 2. The Morgan fingerprint density at radius 3 is 2.60 bits per heavy atom. The summed E-state index contributed by atoms with van der Waals surface area (Å²) < 4.78 is 0. The van der Waals surface area contributed by atoms with Crippen molar-refractivity contribution in [3.05, 3.63) is 42.0 Å². The molecule has 1 rings (SSSR count). The molecule has 1 radical (unpaired) electrons. The highest BCUT2D eigenvalue weighted by Crippen LogP contribution is 2.02. The smallest absolute Gasteiger partial charge is 0.289 e. The molecular formula is C15H13N2O3. The van der Waals surface area contributed by atoms with Crippen LogP contribution in [0.5, 0.6) is 0 Å². The second-order valence-corrected chi connectivity index (χ2v) is 3.62. The van der Waals surface area contributed by atoms with Crippen LogP contribution in [0.4, 0.5) is 4.79 Å². The summed E-state index contributed by atoms with van der Waals surface area (Å²) in [7, 11) is 0. The first kappa shape index (κ1) is 15.2. The van der Waals surface area contributed by atoms with Gasteiger partial charge in [-0.2, -0.15) is 0 Å². The molecule has 101 valence electrons. The highest BCUT2D eigenvalue weighted by molar-refractivity contribution is 6.03. The van der Waals surface area contributed by atoms with Gasteiger partial charge >= 0.3 is 6.03 Å². The topological polar surface area (TPSA) is 66.5 Å². The van der Waals surface area contributed by atoms with Gasteiger partial charge in [0.15, 0.2) is 0 Å². The van der Waals surface area contributed by atoms with Gasteiger partial charge in [-0.3, -0.25) is 19.8 Å². The van der Waals surface area contributed by atoms with Crippen molar-refractivity contribution in [2.75, 3.05) is 6.54 Å². The van der Waals surface area contributed by atoms with Crippen LogP contribution in [-0.4, -0.2) is 29.7 Å². The average molecular weight is 269 g/mol. The van der Waals surface area contributed by atoms with E-state index in [9.17, 15) is 14.4 Å². The second-order valence-electron chi connectivity index (χ2n) is 3.62. The fraction of sp³-hybridized carbons (Fsp3) is 0.133. The summed E-state index contributed by atoms with van der Waals surface area (Å²) in [4.78, 5) is 34.6. The number of nitrogens with zero attached hydrogens (tertiary/aromatic N) is 1.